The molecule has 0 heterocycles. The summed E-state index contributed by atoms with van der Waals surface area (Å²) in [6.45, 7) is 10.6. The van der Waals surface area contributed by atoms with Gasteiger partial charge >= 0.3 is 5.97 Å². The van der Waals surface area contributed by atoms with E-state index in [1.165, 1.54) is 80.1 Å². The molecule has 0 saturated carbocycles. The van der Waals surface area contributed by atoms with Crippen molar-refractivity contribution in [2.75, 3.05) is 6.16 Å². The summed E-state index contributed by atoms with van der Waals surface area (Å²) in [4.78, 5) is 26.4. The van der Waals surface area contributed by atoms with Crippen LogP contribution in [0.2, 0.25) is 0 Å². The van der Waals surface area contributed by atoms with Gasteiger partial charge in [0.05, 0.1) is 6.16 Å². The van der Waals surface area contributed by atoms with E-state index in [9.17, 15) is 9.59 Å². The molecule has 3 aromatic rings. The summed E-state index contributed by atoms with van der Waals surface area (Å²) in [6.07, 6.45) is 24.2. The number of allylic oxidation sites excluding steroid dienone is 5. The van der Waals surface area contributed by atoms with Crippen molar-refractivity contribution >= 4 is 34.9 Å². The topological polar surface area (TPSA) is 43.4 Å². The fraction of sp³-hybridized carbons (Fsp3) is 0.469. The molecule has 1 atom stereocenters. The first-order valence-corrected chi connectivity index (χ1v) is 22.5. The van der Waals surface area contributed by atoms with Crippen molar-refractivity contribution in [3.8, 4) is 0 Å². The molecule has 0 aliphatic heterocycles. The SMILES string of the molecule is CCCCCCCCCCCCCCCC(=O)O[C@@H]1CC(C)(C)C(C=CC(C)=CC[P+](c2ccccc2)(c2ccccc2)c2ccccc2)=C(C)C1=O. The molecule has 0 unspecified atom stereocenters. The van der Waals surface area contributed by atoms with Crippen molar-refractivity contribution in [3.63, 3.8) is 0 Å². The quantitative estimate of drug-likeness (QED) is 0.0447. The van der Waals surface area contributed by atoms with Crippen LogP contribution in [-0.2, 0) is 14.3 Å². The molecule has 3 nitrogen and oxygen atoms in total. The highest BCUT2D eigenvalue weighted by atomic mass is 31.2. The number of esters is 1. The molecule has 0 radical (unpaired) electrons. The molecule has 4 heteroatoms. The monoisotopic (exact) mass is 733 g/mol. The lowest BCUT2D eigenvalue weighted by atomic mass is 9.71. The number of Topliss-reactive ketones (excluding diaryl/α,β-unsaturated/α-hetero) is 1. The van der Waals surface area contributed by atoms with Gasteiger partial charge in [0, 0.05) is 12.8 Å². The van der Waals surface area contributed by atoms with Gasteiger partial charge in [-0.15, -0.1) is 0 Å². The van der Waals surface area contributed by atoms with Crippen molar-refractivity contribution in [2.45, 2.75) is 137 Å². The Bertz CT molecular complexity index is 1540. The van der Waals surface area contributed by atoms with E-state index in [4.69, 9.17) is 4.74 Å². The predicted molar refractivity (Wildman–Crippen MR) is 229 cm³/mol. The number of ketones is 1. The van der Waals surface area contributed by atoms with Gasteiger partial charge in [0.1, 0.15) is 23.2 Å². The van der Waals surface area contributed by atoms with E-state index in [0.29, 0.717) is 18.4 Å². The van der Waals surface area contributed by atoms with E-state index in [1.54, 1.807) is 0 Å². The van der Waals surface area contributed by atoms with Crippen molar-refractivity contribution in [1.82, 2.24) is 0 Å². The Hall–Kier alpha value is -3.55. The molecule has 0 fully saturated rings. The molecular formula is C49H66O3P+. The Labute approximate surface area is 322 Å². The molecule has 4 rings (SSSR count). The van der Waals surface area contributed by atoms with Crippen LogP contribution in [0.4, 0.5) is 0 Å². The summed E-state index contributed by atoms with van der Waals surface area (Å²) >= 11 is 0. The number of hydrogen-bond acceptors (Lipinski definition) is 3. The summed E-state index contributed by atoms with van der Waals surface area (Å²) in [5.74, 6) is -0.304. The van der Waals surface area contributed by atoms with E-state index in [-0.39, 0.29) is 17.2 Å². The molecule has 0 N–H and O–H groups in total. The third-order valence-corrected chi connectivity index (χ3v) is 15.3. The molecule has 284 valence electrons. The third-order valence-electron chi connectivity index (χ3n) is 11.0. The zero-order chi connectivity index (χ0) is 37.9. The largest absolute Gasteiger partial charge is 0.454 e. The van der Waals surface area contributed by atoms with E-state index in [1.807, 2.05) is 6.92 Å². The molecular weight excluding hydrogens is 668 g/mol. The molecule has 0 saturated heterocycles. The summed E-state index contributed by atoms with van der Waals surface area (Å²) in [6, 6.07) is 32.8. The minimum Gasteiger partial charge on any atom is -0.454 e. The Morgan fingerprint density at radius 2 is 1.15 bits per heavy atom. The number of carbonyl (C=O) groups is 2. The second kappa shape index (κ2) is 22.0. The smallest absolute Gasteiger partial charge is 0.306 e. The Morgan fingerprint density at radius 1 is 0.717 bits per heavy atom. The van der Waals surface area contributed by atoms with Gasteiger partial charge in [-0.3, -0.25) is 9.59 Å². The molecule has 0 amide bonds. The average molecular weight is 734 g/mol. The van der Waals surface area contributed by atoms with Gasteiger partial charge in [-0.1, -0.05) is 170 Å². The van der Waals surface area contributed by atoms with Gasteiger partial charge < -0.3 is 4.74 Å². The zero-order valence-electron chi connectivity index (χ0n) is 33.5. The Kier molecular flexibility index (Phi) is 17.5. The van der Waals surface area contributed by atoms with Crippen LogP contribution in [0.5, 0.6) is 0 Å². The maximum atomic E-state index is 13.5. The highest BCUT2D eigenvalue weighted by Crippen LogP contribution is 2.55. The van der Waals surface area contributed by atoms with E-state index in [0.717, 1.165) is 36.6 Å². The number of unbranched alkanes of at least 4 members (excludes halogenated alkanes) is 12. The molecule has 0 spiro atoms. The summed E-state index contributed by atoms with van der Waals surface area (Å²) in [5, 5.41) is 4.08. The maximum Gasteiger partial charge on any atom is 0.306 e. The molecule has 0 aromatic heterocycles. The Balaban J connectivity index is 1.34. The van der Waals surface area contributed by atoms with Crippen LogP contribution >= 0.6 is 7.26 Å². The second-order valence-electron chi connectivity index (χ2n) is 15.7. The van der Waals surface area contributed by atoms with Gasteiger partial charge in [-0.2, -0.15) is 0 Å². The predicted octanol–water partition coefficient (Wildman–Crippen LogP) is 12.2. The van der Waals surface area contributed by atoms with Crippen LogP contribution in [0.25, 0.3) is 0 Å². The highest BCUT2D eigenvalue weighted by Gasteiger charge is 2.44. The lowest BCUT2D eigenvalue weighted by Gasteiger charge is -2.36. The fourth-order valence-corrected chi connectivity index (χ4v) is 12.0. The fourth-order valence-electron chi connectivity index (χ4n) is 7.87. The number of hydrogen-bond donors (Lipinski definition) is 0. The van der Waals surface area contributed by atoms with Gasteiger partial charge in [-0.05, 0) is 79.3 Å². The first kappa shape index (κ1) is 42.2. The van der Waals surface area contributed by atoms with Crippen molar-refractivity contribution < 1.29 is 14.3 Å². The molecule has 0 bridgehead atoms. The number of carbonyl (C=O) groups excluding carboxylic acids is 2. The van der Waals surface area contributed by atoms with E-state index in [2.05, 4.69) is 137 Å². The van der Waals surface area contributed by atoms with E-state index < -0.39 is 13.4 Å². The standard InChI is InChI=1S/C49H66O3P/c1-6-7-8-9-10-11-12-13-14-15-16-17-27-34-47(50)52-46-39-49(4,5)45(41(3)48(46)51)36-35-40(2)37-38-53(42-28-21-18-22-29-42,43-30-23-19-24-31-43)44-32-25-20-26-33-44/h18-26,28-33,35-37,46H,6-17,27,34,38-39H2,1-5H3/q+1/t46-/m1/s1. The Morgan fingerprint density at radius 3 is 1.60 bits per heavy atom. The maximum absolute atomic E-state index is 13.5. The summed E-state index contributed by atoms with van der Waals surface area (Å²) < 4.78 is 5.84. The van der Waals surface area contributed by atoms with Gasteiger partial charge in [0.15, 0.2) is 11.9 Å². The van der Waals surface area contributed by atoms with E-state index >= 15 is 0 Å². The normalized spacial score (nSPS) is 16.4. The van der Waals surface area contributed by atoms with Gasteiger partial charge in [-0.25, -0.2) is 0 Å². The van der Waals surface area contributed by atoms with Crippen molar-refractivity contribution in [3.05, 3.63) is 126 Å². The lowest BCUT2D eigenvalue weighted by molar-refractivity contribution is -0.156. The highest BCUT2D eigenvalue weighted by molar-refractivity contribution is 7.95. The molecule has 1 aliphatic carbocycles. The summed E-state index contributed by atoms with van der Waals surface area (Å²) in [7, 11) is -1.98. The number of rotatable bonds is 22. The number of benzene rings is 3. The zero-order valence-corrected chi connectivity index (χ0v) is 34.3. The third kappa shape index (κ3) is 12.5. The lowest BCUT2D eigenvalue weighted by Crippen LogP contribution is -2.39. The summed E-state index contributed by atoms with van der Waals surface area (Å²) in [5.41, 5.74) is 2.58. The van der Waals surface area contributed by atoms with Gasteiger partial charge in [0.2, 0.25) is 0 Å². The van der Waals surface area contributed by atoms with Crippen LogP contribution in [0.1, 0.15) is 131 Å². The first-order chi connectivity index (χ1) is 25.7. The van der Waals surface area contributed by atoms with Crippen LogP contribution in [0.15, 0.2) is 126 Å². The average Bonchev–Trinajstić information content (AvgIpc) is 3.17. The van der Waals surface area contributed by atoms with Crippen LogP contribution in [0.3, 0.4) is 0 Å². The minimum atomic E-state index is -1.98. The van der Waals surface area contributed by atoms with Crippen LogP contribution < -0.4 is 15.9 Å². The minimum absolute atomic E-state index is 0.0634. The van der Waals surface area contributed by atoms with Crippen LogP contribution in [-0.4, -0.2) is 24.0 Å². The molecule has 53 heavy (non-hydrogen) atoms. The van der Waals surface area contributed by atoms with Crippen molar-refractivity contribution in [1.29, 1.82) is 0 Å². The van der Waals surface area contributed by atoms with Crippen molar-refractivity contribution in [2.24, 2.45) is 5.41 Å². The number of ether oxygens (including phenoxy) is 1. The van der Waals surface area contributed by atoms with Gasteiger partial charge in [0.25, 0.3) is 0 Å². The second-order valence-corrected chi connectivity index (χ2v) is 19.3. The molecule has 3 aromatic carbocycles. The first-order valence-electron chi connectivity index (χ1n) is 20.5. The molecule has 1 aliphatic rings. The van der Waals surface area contributed by atoms with Crippen LogP contribution in [0, 0.1) is 5.41 Å².